The van der Waals surface area contributed by atoms with Gasteiger partial charge in [-0.2, -0.15) is 0 Å². The van der Waals surface area contributed by atoms with E-state index in [1.807, 2.05) is 43.4 Å². The molecular formula is C20H19N5O. The summed E-state index contributed by atoms with van der Waals surface area (Å²) in [6.45, 7) is 1.44. The molecule has 26 heavy (non-hydrogen) atoms. The van der Waals surface area contributed by atoms with Crippen LogP contribution in [0.4, 0.5) is 17.3 Å². The van der Waals surface area contributed by atoms with E-state index in [1.165, 1.54) is 11.9 Å². The van der Waals surface area contributed by atoms with Crippen LogP contribution in [0.25, 0.3) is 0 Å². The largest absolute Gasteiger partial charge is 0.351 e. The molecule has 0 aliphatic carbocycles. The van der Waals surface area contributed by atoms with E-state index in [-0.39, 0.29) is 5.91 Å². The number of nitrogens with one attached hydrogen (secondary N) is 1. The minimum Gasteiger partial charge on any atom is -0.351 e. The Hall–Kier alpha value is -3.41. The third kappa shape index (κ3) is 3.09. The van der Waals surface area contributed by atoms with Crippen molar-refractivity contribution in [2.24, 2.45) is 0 Å². The van der Waals surface area contributed by atoms with Crippen LogP contribution in [0.15, 0.2) is 67.0 Å². The zero-order valence-corrected chi connectivity index (χ0v) is 14.5. The molecule has 1 amide bonds. The highest BCUT2D eigenvalue weighted by Crippen LogP contribution is 2.38. The maximum Gasteiger partial charge on any atom is 0.256 e. The van der Waals surface area contributed by atoms with Crippen molar-refractivity contribution >= 4 is 23.2 Å². The van der Waals surface area contributed by atoms with Crippen molar-refractivity contribution in [3.63, 3.8) is 0 Å². The molecule has 1 aliphatic heterocycles. The van der Waals surface area contributed by atoms with Gasteiger partial charge in [0, 0.05) is 19.2 Å². The summed E-state index contributed by atoms with van der Waals surface area (Å²) in [5.41, 5.74) is 2.65. The van der Waals surface area contributed by atoms with E-state index in [0.717, 1.165) is 18.1 Å². The van der Waals surface area contributed by atoms with Crippen LogP contribution >= 0.6 is 0 Å². The van der Waals surface area contributed by atoms with Gasteiger partial charge in [-0.15, -0.1) is 0 Å². The van der Waals surface area contributed by atoms with Crippen LogP contribution in [0.2, 0.25) is 0 Å². The number of anilines is 3. The van der Waals surface area contributed by atoms with E-state index in [4.69, 9.17) is 0 Å². The van der Waals surface area contributed by atoms with Crippen molar-refractivity contribution in [1.82, 2.24) is 9.97 Å². The molecule has 2 aromatic carbocycles. The van der Waals surface area contributed by atoms with Crippen LogP contribution in [0, 0.1) is 0 Å². The topological polar surface area (TPSA) is 61.4 Å². The van der Waals surface area contributed by atoms with E-state index in [2.05, 4.69) is 37.2 Å². The standard InChI is InChI=1S/C20H19N5O/c1-24-14-25(12-15-8-4-2-5-9-15)19-17(24)18(21-13-22-19)23-20(26)16-10-6-3-7-11-16/h2-11,13H,12,14H2,1H3,(H,21,22,23,26). The molecular weight excluding hydrogens is 326 g/mol. The van der Waals surface area contributed by atoms with Crippen molar-refractivity contribution in [2.45, 2.75) is 6.54 Å². The monoisotopic (exact) mass is 345 g/mol. The van der Waals surface area contributed by atoms with E-state index in [9.17, 15) is 4.79 Å². The molecule has 2 heterocycles. The predicted molar refractivity (Wildman–Crippen MR) is 102 cm³/mol. The van der Waals surface area contributed by atoms with Crippen molar-refractivity contribution in [3.05, 3.63) is 78.1 Å². The predicted octanol–water partition coefficient (Wildman–Crippen LogP) is 3.14. The van der Waals surface area contributed by atoms with Gasteiger partial charge in [-0.3, -0.25) is 4.79 Å². The molecule has 4 rings (SSSR count). The number of hydrogen-bond donors (Lipinski definition) is 1. The average Bonchev–Trinajstić information content (AvgIpc) is 3.00. The molecule has 0 bridgehead atoms. The Balaban J connectivity index is 1.60. The lowest BCUT2D eigenvalue weighted by Crippen LogP contribution is -2.28. The summed E-state index contributed by atoms with van der Waals surface area (Å²) in [6.07, 6.45) is 1.50. The van der Waals surface area contributed by atoms with E-state index in [0.29, 0.717) is 18.1 Å². The quantitative estimate of drug-likeness (QED) is 0.787. The lowest BCUT2D eigenvalue weighted by atomic mass is 10.2. The number of rotatable bonds is 4. The van der Waals surface area contributed by atoms with E-state index < -0.39 is 0 Å². The fraction of sp³-hybridized carbons (Fsp3) is 0.150. The summed E-state index contributed by atoms with van der Waals surface area (Å²) >= 11 is 0. The molecule has 3 aromatic rings. The summed E-state index contributed by atoms with van der Waals surface area (Å²) in [6, 6.07) is 19.4. The molecule has 0 radical (unpaired) electrons. The molecule has 0 unspecified atom stereocenters. The minimum atomic E-state index is -0.179. The third-order valence-corrected chi connectivity index (χ3v) is 4.35. The van der Waals surface area contributed by atoms with Crippen molar-refractivity contribution < 1.29 is 4.79 Å². The van der Waals surface area contributed by atoms with Crippen molar-refractivity contribution in [2.75, 3.05) is 28.8 Å². The highest BCUT2D eigenvalue weighted by Gasteiger charge is 2.29. The van der Waals surface area contributed by atoms with Gasteiger partial charge in [-0.1, -0.05) is 48.5 Å². The maximum atomic E-state index is 12.5. The van der Waals surface area contributed by atoms with E-state index >= 15 is 0 Å². The Morgan fingerprint density at radius 3 is 2.46 bits per heavy atom. The fourth-order valence-corrected chi connectivity index (χ4v) is 3.14. The number of nitrogens with zero attached hydrogens (tertiary/aromatic N) is 4. The normalized spacial score (nSPS) is 12.8. The molecule has 1 aromatic heterocycles. The highest BCUT2D eigenvalue weighted by molar-refractivity contribution is 6.06. The van der Waals surface area contributed by atoms with Crippen LogP contribution in [0.1, 0.15) is 15.9 Å². The molecule has 0 saturated heterocycles. The van der Waals surface area contributed by atoms with Crippen LogP contribution in [-0.4, -0.2) is 29.6 Å². The number of carbonyl (C=O) groups is 1. The first kappa shape index (κ1) is 16.1. The van der Waals surface area contributed by atoms with Crippen LogP contribution in [-0.2, 0) is 6.54 Å². The Labute approximate surface area is 152 Å². The van der Waals surface area contributed by atoms with Gasteiger partial charge in [0.15, 0.2) is 11.6 Å². The number of benzene rings is 2. The first-order valence-corrected chi connectivity index (χ1v) is 8.44. The minimum absolute atomic E-state index is 0.179. The van der Waals surface area contributed by atoms with Gasteiger partial charge in [0.25, 0.3) is 5.91 Å². The lowest BCUT2D eigenvalue weighted by Gasteiger charge is -2.18. The summed E-state index contributed by atoms with van der Waals surface area (Å²) in [4.78, 5) is 25.5. The van der Waals surface area contributed by atoms with Crippen LogP contribution in [0.5, 0.6) is 0 Å². The number of aromatic nitrogens is 2. The van der Waals surface area contributed by atoms with Crippen LogP contribution in [0.3, 0.4) is 0 Å². The van der Waals surface area contributed by atoms with Crippen LogP contribution < -0.4 is 15.1 Å². The SMILES string of the molecule is CN1CN(Cc2ccccc2)c2ncnc(NC(=O)c3ccccc3)c21. The summed E-state index contributed by atoms with van der Waals surface area (Å²) < 4.78 is 0. The van der Waals surface area contributed by atoms with Gasteiger partial charge in [0.05, 0.1) is 6.67 Å². The van der Waals surface area contributed by atoms with Gasteiger partial charge in [-0.05, 0) is 17.7 Å². The second-order valence-electron chi connectivity index (χ2n) is 6.24. The zero-order chi connectivity index (χ0) is 17.9. The maximum absolute atomic E-state index is 12.5. The Morgan fingerprint density at radius 1 is 1.04 bits per heavy atom. The molecule has 130 valence electrons. The molecule has 1 N–H and O–H groups in total. The number of hydrogen-bond acceptors (Lipinski definition) is 5. The molecule has 0 saturated carbocycles. The first-order valence-electron chi connectivity index (χ1n) is 8.44. The third-order valence-electron chi connectivity index (χ3n) is 4.35. The summed E-state index contributed by atoms with van der Waals surface area (Å²) in [7, 11) is 1.98. The lowest BCUT2D eigenvalue weighted by molar-refractivity contribution is 0.102. The second kappa shape index (κ2) is 6.84. The molecule has 1 aliphatic rings. The molecule has 0 fully saturated rings. The molecule has 6 heteroatoms. The Morgan fingerprint density at radius 2 is 1.73 bits per heavy atom. The van der Waals surface area contributed by atoms with Gasteiger partial charge >= 0.3 is 0 Å². The highest BCUT2D eigenvalue weighted by atomic mass is 16.1. The first-order chi connectivity index (χ1) is 12.7. The number of fused-ring (bicyclic) bond motifs is 1. The molecule has 0 spiro atoms. The van der Waals surface area contributed by atoms with Gasteiger partial charge in [-0.25, -0.2) is 9.97 Å². The van der Waals surface area contributed by atoms with Crippen molar-refractivity contribution in [1.29, 1.82) is 0 Å². The smallest absolute Gasteiger partial charge is 0.256 e. The summed E-state index contributed by atoms with van der Waals surface area (Å²) in [5.74, 6) is 1.18. The average molecular weight is 345 g/mol. The Kier molecular flexibility index (Phi) is 4.23. The zero-order valence-electron chi connectivity index (χ0n) is 14.5. The molecule has 6 nitrogen and oxygen atoms in total. The van der Waals surface area contributed by atoms with Gasteiger partial charge in [0.2, 0.25) is 0 Å². The number of carbonyl (C=O) groups excluding carboxylic acids is 1. The Bertz CT molecular complexity index is 914. The van der Waals surface area contributed by atoms with Gasteiger partial charge < -0.3 is 15.1 Å². The van der Waals surface area contributed by atoms with Gasteiger partial charge in [0.1, 0.15) is 12.0 Å². The number of amides is 1. The second-order valence-corrected chi connectivity index (χ2v) is 6.24. The summed E-state index contributed by atoms with van der Waals surface area (Å²) in [5, 5.41) is 2.92. The fourth-order valence-electron chi connectivity index (χ4n) is 3.14. The van der Waals surface area contributed by atoms with Crippen molar-refractivity contribution in [3.8, 4) is 0 Å². The van der Waals surface area contributed by atoms with E-state index in [1.54, 1.807) is 12.1 Å². The molecule has 0 atom stereocenters.